The van der Waals surface area contributed by atoms with Crippen molar-refractivity contribution in [1.82, 2.24) is 15.1 Å². The van der Waals surface area contributed by atoms with Crippen molar-refractivity contribution in [1.29, 1.82) is 0 Å². The van der Waals surface area contributed by atoms with E-state index in [0.717, 1.165) is 19.5 Å². The first-order chi connectivity index (χ1) is 6.86. The van der Waals surface area contributed by atoms with Gasteiger partial charge in [-0.25, -0.2) is 0 Å². The van der Waals surface area contributed by atoms with E-state index in [9.17, 15) is 0 Å². The molecular formula is C11H17N3. The van der Waals surface area contributed by atoms with Gasteiger partial charge in [-0.05, 0) is 32.0 Å². The van der Waals surface area contributed by atoms with Crippen molar-refractivity contribution in [2.75, 3.05) is 13.1 Å². The molecule has 1 saturated heterocycles. The maximum Gasteiger partial charge on any atom is 0.0492 e. The van der Waals surface area contributed by atoms with Gasteiger partial charge in [0.05, 0.1) is 0 Å². The maximum absolute atomic E-state index is 4.16. The first-order valence-corrected chi connectivity index (χ1v) is 5.22. The Morgan fingerprint density at radius 1 is 1.50 bits per heavy atom. The van der Waals surface area contributed by atoms with Gasteiger partial charge in [0.2, 0.25) is 0 Å². The Labute approximate surface area is 84.8 Å². The van der Waals surface area contributed by atoms with E-state index in [2.05, 4.69) is 22.6 Å². The number of nitrogens with zero attached hydrogens (tertiary/aromatic N) is 2. The van der Waals surface area contributed by atoms with E-state index in [1.54, 1.807) is 5.57 Å². The van der Waals surface area contributed by atoms with Crippen LogP contribution in [0.1, 0.15) is 18.5 Å². The maximum atomic E-state index is 4.16. The van der Waals surface area contributed by atoms with E-state index < -0.39 is 0 Å². The zero-order valence-corrected chi connectivity index (χ0v) is 8.66. The van der Waals surface area contributed by atoms with Crippen LogP contribution in [0.2, 0.25) is 0 Å². The molecule has 1 fully saturated rings. The minimum atomic E-state index is 1.02. The summed E-state index contributed by atoms with van der Waals surface area (Å²) in [5, 5.41) is 7.52. The zero-order chi connectivity index (χ0) is 9.80. The Morgan fingerprint density at radius 2 is 2.29 bits per heavy atom. The molecule has 0 atom stereocenters. The van der Waals surface area contributed by atoms with Gasteiger partial charge in [0, 0.05) is 25.4 Å². The molecule has 0 saturated carbocycles. The van der Waals surface area contributed by atoms with E-state index in [4.69, 9.17) is 0 Å². The average Bonchev–Trinajstić information content (AvgIpc) is 2.63. The largest absolute Gasteiger partial charge is 0.316 e. The van der Waals surface area contributed by atoms with Crippen LogP contribution in [0.15, 0.2) is 23.9 Å². The van der Waals surface area contributed by atoms with Crippen LogP contribution < -0.4 is 5.32 Å². The lowest BCUT2D eigenvalue weighted by Crippen LogP contribution is -2.23. The molecule has 0 aromatic carbocycles. The highest BCUT2D eigenvalue weighted by atomic mass is 15.2. The summed E-state index contributed by atoms with van der Waals surface area (Å²) in [4.78, 5) is 0. The topological polar surface area (TPSA) is 29.9 Å². The Kier molecular flexibility index (Phi) is 2.99. The van der Waals surface area contributed by atoms with E-state index >= 15 is 0 Å². The summed E-state index contributed by atoms with van der Waals surface area (Å²) in [7, 11) is 2.00. The summed E-state index contributed by atoms with van der Waals surface area (Å²) in [5.74, 6) is 0. The molecule has 1 aliphatic heterocycles. The molecule has 2 rings (SSSR count). The SMILES string of the molecule is Cn1nccc1CC=C1CCNCC1. The number of rotatable bonds is 2. The Balaban J connectivity index is 1.95. The molecule has 0 spiro atoms. The molecule has 1 aromatic rings. The second-order valence-electron chi connectivity index (χ2n) is 3.76. The Morgan fingerprint density at radius 3 is 2.93 bits per heavy atom. The molecule has 0 bridgehead atoms. The number of allylic oxidation sites excluding steroid dienone is 1. The quantitative estimate of drug-likeness (QED) is 0.713. The van der Waals surface area contributed by atoms with Crippen molar-refractivity contribution >= 4 is 0 Å². The van der Waals surface area contributed by atoms with Crippen LogP contribution in [-0.4, -0.2) is 22.9 Å². The minimum Gasteiger partial charge on any atom is -0.316 e. The number of piperidine rings is 1. The molecule has 0 radical (unpaired) electrons. The average molecular weight is 191 g/mol. The monoisotopic (exact) mass is 191 g/mol. The van der Waals surface area contributed by atoms with Crippen LogP contribution in [0, 0.1) is 0 Å². The summed E-state index contributed by atoms with van der Waals surface area (Å²) < 4.78 is 1.94. The molecule has 0 amide bonds. The third kappa shape index (κ3) is 2.23. The smallest absolute Gasteiger partial charge is 0.0492 e. The van der Waals surface area contributed by atoms with Gasteiger partial charge in [0.25, 0.3) is 0 Å². The zero-order valence-electron chi connectivity index (χ0n) is 8.66. The van der Waals surface area contributed by atoms with Crippen molar-refractivity contribution in [3.8, 4) is 0 Å². The molecule has 76 valence electrons. The molecule has 0 aliphatic carbocycles. The molecule has 0 unspecified atom stereocenters. The molecular weight excluding hydrogens is 174 g/mol. The van der Waals surface area contributed by atoms with Crippen molar-refractivity contribution in [3.05, 3.63) is 29.6 Å². The molecule has 1 aliphatic rings. The van der Waals surface area contributed by atoms with E-state index in [0.29, 0.717) is 0 Å². The fourth-order valence-electron chi connectivity index (χ4n) is 1.80. The number of hydrogen-bond acceptors (Lipinski definition) is 2. The molecule has 1 aromatic heterocycles. The number of aromatic nitrogens is 2. The molecule has 14 heavy (non-hydrogen) atoms. The second kappa shape index (κ2) is 4.42. The minimum absolute atomic E-state index is 1.02. The van der Waals surface area contributed by atoms with Gasteiger partial charge in [-0.2, -0.15) is 5.10 Å². The fourth-order valence-corrected chi connectivity index (χ4v) is 1.80. The fraction of sp³-hybridized carbons (Fsp3) is 0.545. The molecule has 1 N–H and O–H groups in total. The lowest BCUT2D eigenvalue weighted by Gasteiger charge is -2.15. The summed E-state index contributed by atoms with van der Waals surface area (Å²) in [6.45, 7) is 2.27. The van der Waals surface area contributed by atoms with Gasteiger partial charge in [0.1, 0.15) is 0 Å². The number of nitrogens with one attached hydrogen (secondary N) is 1. The highest BCUT2D eigenvalue weighted by Gasteiger charge is 2.04. The lowest BCUT2D eigenvalue weighted by molar-refractivity contribution is 0.607. The van der Waals surface area contributed by atoms with E-state index in [1.807, 2.05) is 17.9 Å². The van der Waals surface area contributed by atoms with Gasteiger partial charge < -0.3 is 5.32 Å². The van der Waals surface area contributed by atoms with Gasteiger partial charge in [0.15, 0.2) is 0 Å². The highest BCUT2D eigenvalue weighted by Crippen LogP contribution is 2.11. The Bertz CT molecular complexity index is 317. The summed E-state index contributed by atoms with van der Waals surface area (Å²) in [6, 6.07) is 2.08. The Hall–Kier alpha value is -1.09. The first kappa shape index (κ1) is 9.46. The number of hydrogen-bond donors (Lipinski definition) is 1. The predicted octanol–water partition coefficient (Wildman–Crippen LogP) is 1.27. The second-order valence-corrected chi connectivity index (χ2v) is 3.76. The lowest BCUT2D eigenvalue weighted by atomic mass is 10.0. The van der Waals surface area contributed by atoms with Crippen LogP contribution in [-0.2, 0) is 13.5 Å². The van der Waals surface area contributed by atoms with Crippen LogP contribution in [0.5, 0.6) is 0 Å². The van der Waals surface area contributed by atoms with Crippen LogP contribution >= 0.6 is 0 Å². The summed E-state index contributed by atoms with van der Waals surface area (Å²) in [5.41, 5.74) is 2.88. The third-order valence-electron chi connectivity index (χ3n) is 2.77. The van der Waals surface area contributed by atoms with Crippen molar-refractivity contribution in [2.45, 2.75) is 19.3 Å². The van der Waals surface area contributed by atoms with Crippen LogP contribution in [0.4, 0.5) is 0 Å². The van der Waals surface area contributed by atoms with Crippen LogP contribution in [0.25, 0.3) is 0 Å². The predicted molar refractivity (Wildman–Crippen MR) is 57.1 cm³/mol. The van der Waals surface area contributed by atoms with Gasteiger partial charge in [-0.15, -0.1) is 0 Å². The van der Waals surface area contributed by atoms with Crippen molar-refractivity contribution in [2.24, 2.45) is 7.05 Å². The molecule has 2 heterocycles. The molecule has 3 nitrogen and oxygen atoms in total. The van der Waals surface area contributed by atoms with Gasteiger partial charge in [-0.1, -0.05) is 11.6 Å². The summed E-state index contributed by atoms with van der Waals surface area (Å²) >= 11 is 0. The van der Waals surface area contributed by atoms with E-state index in [1.165, 1.54) is 18.5 Å². The molecule has 3 heteroatoms. The van der Waals surface area contributed by atoms with Gasteiger partial charge >= 0.3 is 0 Å². The highest BCUT2D eigenvalue weighted by molar-refractivity contribution is 5.12. The van der Waals surface area contributed by atoms with Crippen molar-refractivity contribution in [3.63, 3.8) is 0 Å². The van der Waals surface area contributed by atoms with Crippen LogP contribution in [0.3, 0.4) is 0 Å². The summed E-state index contributed by atoms with van der Waals surface area (Å²) in [6.07, 6.45) is 7.65. The first-order valence-electron chi connectivity index (χ1n) is 5.22. The van der Waals surface area contributed by atoms with E-state index in [-0.39, 0.29) is 0 Å². The third-order valence-corrected chi connectivity index (χ3v) is 2.77. The van der Waals surface area contributed by atoms with Gasteiger partial charge in [-0.3, -0.25) is 4.68 Å². The normalized spacial score (nSPS) is 17.1. The standard InChI is InChI=1S/C11H17N3/c1-14-11(6-9-13-14)3-2-10-4-7-12-8-5-10/h2,6,9,12H,3-5,7-8H2,1H3. The number of aryl methyl sites for hydroxylation is 1. The van der Waals surface area contributed by atoms with Crippen molar-refractivity contribution < 1.29 is 0 Å².